The Labute approximate surface area is 71.4 Å². The van der Waals surface area contributed by atoms with Crippen molar-refractivity contribution in [3.05, 3.63) is 0 Å². The molecule has 1 rings (SSSR count). The number of rotatable bonds is 2. The fourth-order valence-corrected chi connectivity index (χ4v) is 1.42. The number of aliphatic carboxylic acids is 1. The summed E-state index contributed by atoms with van der Waals surface area (Å²) in [5.41, 5.74) is 0. The van der Waals surface area contributed by atoms with E-state index >= 15 is 0 Å². The largest absolute Gasteiger partial charge is 0.481 e. The molecule has 66 valence electrons. The van der Waals surface area contributed by atoms with E-state index in [0.29, 0.717) is 13.0 Å². The van der Waals surface area contributed by atoms with E-state index in [-0.39, 0.29) is 12.0 Å². The number of nitrogens with zero attached hydrogens (tertiary/aromatic N) is 2. The monoisotopic (exact) mass is 168 g/mol. The maximum absolute atomic E-state index is 10.5. The molecule has 0 radical (unpaired) electrons. The van der Waals surface area contributed by atoms with Crippen LogP contribution in [0.4, 0.5) is 0 Å². The maximum atomic E-state index is 10.5. The summed E-state index contributed by atoms with van der Waals surface area (Å²) in [7, 11) is 0. The highest BCUT2D eigenvalue weighted by molar-refractivity contribution is 5.70. The Morgan fingerprint density at radius 3 is 2.92 bits per heavy atom. The second-order valence-electron chi connectivity index (χ2n) is 3.12. The molecule has 1 heterocycles. The van der Waals surface area contributed by atoms with E-state index in [9.17, 15) is 4.79 Å². The molecule has 0 bridgehead atoms. The molecule has 0 aromatic heterocycles. The first-order valence-corrected chi connectivity index (χ1v) is 4.01. The molecule has 0 amide bonds. The van der Waals surface area contributed by atoms with E-state index < -0.39 is 5.97 Å². The van der Waals surface area contributed by atoms with Gasteiger partial charge in [0.1, 0.15) is 0 Å². The zero-order chi connectivity index (χ0) is 9.14. The van der Waals surface area contributed by atoms with Crippen molar-refractivity contribution in [2.75, 3.05) is 13.1 Å². The van der Waals surface area contributed by atoms with Gasteiger partial charge in [-0.25, -0.2) is 0 Å². The van der Waals surface area contributed by atoms with Gasteiger partial charge in [0.05, 0.1) is 18.0 Å². The van der Waals surface area contributed by atoms with E-state index in [1.54, 1.807) is 6.92 Å². The van der Waals surface area contributed by atoms with Crippen molar-refractivity contribution in [1.29, 1.82) is 5.26 Å². The molecule has 2 unspecified atom stereocenters. The molecule has 4 nitrogen and oxygen atoms in total. The van der Waals surface area contributed by atoms with Crippen molar-refractivity contribution >= 4 is 5.97 Å². The molecule has 1 saturated heterocycles. The van der Waals surface area contributed by atoms with Crippen LogP contribution >= 0.6 is 0 Å². The van der Waals surface area contributed by atoms with Crippen LogP contribution in [0.25, 0.3) is 0 Å². The summed E-state index contributed by atoms with van der Waals surface area (Å²) in [6.45, 7) is 3.04. The number of hydrogen-bond donors (Lipinski definition) is 1. The molecule has 0 aromatic carbocycles. The lowest BCUT2D eigenvalue weighted by Gasteiger charge is -2.16. The van der Waals surface area contributed by atoms with Crippen LogP contribution in [0.5, 0.6) is 0 Å². The summed E-state index contributed by atoms with van der Waals surface area (Å²) in [6.07, 6.45) is 0.668. The number of likely N-dealkylation sites (tertiary alicyclic amines) is 1. The van der Waals surface area contributed by atoms with Crippen molar-refractivity contribution < 1.29 is 9.90 Å². The highest BCUT2D eigenvalue weighted by atomic mass is 16.4. The third-order valence-corrected chi connectivity index (χ3v) is 2.30. The van der Waals surface area contributed by atoms with E-state index in [2.05, 4.69) is 6.07 Å². The van der Waals surface area contributed by atoms with Crippen LogP contribution in [0.1, 0.15) is 13.3 Å². The molecule has 2 atom stereocenters. The number of nitriles is 1. The second kappa shape index (κ2) is 3.55. The fraction of sp³-hybridized carbons (Fsp3) is 0.750. The van der Waals surface area contributed by atoms with E-state index in [0.717, 1.165) is 6.54 Å². The molecule has 0 spiro atoms. The van der Waals surface area contributed by atoms with Gasteiger partial charge in [-0.1, -0.05) is 0 Å². The van der Waals surface area contributed by atoms with E-state index in [4.69, 9.17) is 10.4 Å². The molecular formula is C8H12N2O2. The molecule has 1 aliphatic rings. The van der Waals surface area contributed by atoms with Gasteiger partial charge in [0.15, 0.2) is 0 Å². The quantitative estimate of drug-likeness (QED) is 0.644. The van der Waals surface area contributed by atoms with Gasteiger partial charge in [0.25, 0.3) is 0 Å². The summed E-state index contributed by atoms with van der Waals surface area (Å²) < 4.78 is 0. The predicted molar refractivity (Wildman–Crippen MR) is 42.4 cm³/mol. The predicted octanol–water partition coefficient (Wildman–Crippen LogP) is 0.305. The first-order chi connectivity index (χ1) is 5.65. The van der Waals surface area contributed by atoms with Crippen molar-refractivity contribution in [2.24, 2.45) is 5.92 Å². The first kappa shape index (κ1) is 9.01. The van der Waals surface area contributed by atoms with Crippen LogP contribution in [0, 0.1) is 17.2 Å². The summed E-state index contributed by atoms with van der Waals surface area (Å²) in [5.74, 6) is -1.02. The van der Waals surface area contributed by atoms with E-state index in [1.807, 2.05) is 4.90 Å². The van der Waals surface area contributed by atoms with E-state index in [1.165, 1.54) is 0 Å². The average Bonchev–Trinajstić information content (AvgIpc) is 2.51. The molecule has 1 fully saturated rings. The Morgan fingerprint density at radius 1 is 1.83 bits per heavy atom. The molecule has 1 N–H and O–H groups in total. The van der Waals surface area contributed by atoms with Crippen molar-refractivity contribution in [1.82, 2.24) is 4.90 Å². The van der Waals surface area contributed by atoms with Gasteiger partial charge in [-0.05, 0) is 13.3 Å². The standard InChI is InChI=1S/C8H12N2O2/c1-6(4-9)10-3-2-7(5-10)8(11)12/h6-7H,2-3,5H2,1H3,(H,11,12). The SMILES string of the molecule is CC(C#N)N1CCC(C(=O)O)C1. The summed E-state index contributed by atoms with van der Waals surface area (Å²) in [4.78, 5) is 12.5. The summed E-state index contributed by atoms with van der Waals surface area (Å²) in [5, 5.41) is 17.3. The first-order valence-electron chi connectivity index (χ1n) is 4.01. The van der Waals surface area contributed by atoms with Crippen molar-refractivity contribution in [3.8, 4) is 6.07 Å². The second-order valence-corrected chi connectivity index (χ2v) is 3.12. The van der Waals surface area contributed by atoms with Crippen LogP contribution in [-0.2, 0) is 4.79 Å². The lowest BCUT2D eigenvalue weighted by molar-refractivity contribution is -0.141. The Bertz CT molecular complexity index is 222. The average molecular weight is 168 g/mol. The highest BCUT2D eigenvalue weighted by Crippen LogP contribution is 2.18. The minimum Gasteiger partial charge on any atom is -0.481 e. The number of carboxylic acids is 1. The summed E-state index contributed by atoms with van der Waals surface area (Å²) in [6, 6.07) is 1.94. The molecule has 0 aliphatic carbocycles. The lowest BCUT2D eigenvalue weighted by Crippen LogP contribution is -2.30. The number of hydrogen-bond acceptors (Lipinski definition) is 3. The zero-order valence-corrected chi connectivity index (χ0v) is 7.03. The fourth-order valence-electron chi connectivity index (χ4n) is 1.42. The third kappa shape index (κ3) is 1.74. The normalized spacial score (nSPS) is 26.5. The van der Waals surface area contributed by atoms with Crippen LogP contribution in [0.2, 0.25) is 0 Å². The lowest BCUT2D eigenvalue weighted by atomic mass is 10.1. The van der Waals surface area contributed by atoms with Gasteiger partial charge in [0.2, 0.25) is 0 Å². The Hall–Kier alpha value is -1.08. The Kier molecular flexibility index (Phi) is 2.66. The molecule has 4 heteroatoms. The molecule has 1 aliphatic heterocycles. The van der Waals surface area contributed by atoms with Crippen molar-refractivity contribution in [3.63, 3.8) is 0 Å². The van der Waals surface area contributed by atoms with Crippen LogP contribution in [0.15, 0.2) is 0 Å². The van der Waals surface area contributed by atoms with Crippen LogP contribution < -0.4 is 0 Å². The molecule has 12 heavy (non-hydrogen) atoms. The topological polar surface area (TPSA) is 64.3 Å². The molecule has 0 saturated carbocycles. The molecular weight excluding hydrogens is 156 g/mol. The maximum Gasteiger partial charge on any atom is 0.307 e. The zero-order valence-electron chi connectivity index (χ0n) is 7.03. The van der Waals surface area contributed by atoms with Gasteiger partial charge < -0.3 is 5.11 Å². The van der Waals surface area contributed by atoms with Crippen LogP contribution in [-0.4, -0.2) is 35.1 Å². The van der Waals surface area contributed by atoms with Gasteiger partial charge in [-0.3, -0.25) is 9.69 Å². The Balaban J connectivity index is 2.46. The van der Waals surface area contributed by atoms with Crippen molar-refractivity contribution in [2.45, 2.75) is 19.4 Å². The minimum atomic E-state index is -0.748. The minimum absolute atomic E-state index is 0.158. The van der Waals surface area contributed by atoms with Crippen LogP contribution in [0.3, 0.4) is 0 Å². The van der Waals surface area contributed by atoms with Gasteiger partial charge >= 0.3 is 5.97 Å². The Morgan fingerprint density at radius 2 is 2.50 bits per heavy atom. The third-order valence-electron chi connectivity index (χ3n) is 2.30. The molecule has 0 aromatic rings. The van der Waals surface area contributed by atoms with Gasteiger partial charge in [0, 0.05) is 13.1 Å². The number of carbonyl (C=O) groups is 1. The smallest absolute Gasteiger partial charge is 0.307 e. The van der Waals surface area contributed by atoms with Gasteiger partial charge in [-0.2, -0.15) is 5.26 Å². The van der Waals surface area contributed by atoms with Gasteiger partial charge in [-0.15, -0.1) is 0 Å². The highest BCUT2D eigenvalue weighted by Gasteiger charge is 2.30. The summed E-state index contributed by atoms with van der Waals surface area (Å²) >= 11 is 0. The number of carboxylic acid groups (broad SMARTS) is 1.